The van der Waals surface area contributed by atoms with Gasteiger partial charge in [-0.15, -0.1) is 10.2 Å². The molecule has 0 radical (unpaired) electrons. The zero-order chi connectivity index (χ0) is 16.4. The molecule has 0 aromatic carbocycles. The van der Waals surface area contributed by atoms with Crippen molar-refractivity contribution in [2.45, 2.75) is 35.9 Å². The van der Waals surface area contributed by atoms with Crippen molar-refractivity contribution in [3.8, 4) is 6.07 Å². The van der Waals surface area contributed by atoms with Crippen molar-refractivity contribution in [1.29, 1.82) is 5.26 Å². The summed E-state index contributed by atoms with van der Waals surface area (Å²) >= 11 is 7.39. The highest BCUT2D eigenvalue weighted by molar-refractivity contribution is 7.99. The van der Waals surface area contributed by atoms with Crippen LogP contribution in [0.3, 0.4) is 0 Å². The van der Waals surface area contributed by atoms with Gasteiger partial charge < -0.3 is 9.88 Å². The first-order valence-electron chi connectivity index (χ1n) is 7.45. The molecular weight excluding hydrogens is 332 g/mol. The van der Waals surface area contributed by atoms with E-state index in [4.69, 9.17) is 11.6 Å². The molecule has 3 heterocycles. The van der Waals surface area contributed by atoms with Gasteiger partial charge in [-0.25, -0.2) is 4.98 Å². The molecule has 2 aromatic rings. The van der Waals surface area contributed by atoms with Crippen molar-refractivity contribution in [1.82, 2.24) is 25.1 Å². The summed E-state index contributed by atoms with van der Waals surface area (Å²) in [6, 6.07) is 2.18. The lowest BCUT2D eigenvalue weighted by molar-refractivity contribution is 0.436. The van der Waals surface area contributed by atoms with Gasteiger partial charge in [0.2, 0.25) is 0 Å². The highest BCUT2D eigenvalue weighted by Gasteiger charge is 2.23. The molecule has 1 aliphatic heterocycles. The smallest absolute Gasteiger partial charge is 0.197 e. The summed E-state index contributed by atoms with van der Waals surface area (Å²) in [7, 11) is 1.96. The SMILES string of the molecule is Cc1c(Cl)cnc(Sc2nnc([C@@H]3CCCNC3)n2C)c1C#N. The largest absolute Gasteiger partial charge is 0.316 e. The normalized spacial score (nSPS) is 17.9. The molecule has 1 atom stereocenters. The van der Waals surface area contributed by atoms with Crippen molar-refractivity contribution in [3.05, 3.63) is 28.2 Å². The van der Waals surface area contributed by atoms with Gasteiger partial charge in [-0.3, -0.25) is 0 Å². The van der Waals surface area contributed by atoms with Crippen LogP contribution in [-0.4, -0.2) is 32.8 Å². The van der Waals surface area contributed by atoms with E-state index >= 15 is 0 Å². The highest BCUT2D eigenvalue weighted by atomic mass is 35.5. The Morgan fingerprint density at radius 3 is 3.00 bits per heavy atom. The van der Waals surface area contributed by atoms with Gasteiger partial charge in [0.15, 0.2) is 5.16 Å². The van der Waals surface area contributed by atoms with Crippen LogP contribution < -0.4 is 5.32 Å². The first-order valence-corrected chi connectivity index (χ1v) is 8.64. The van der Waals surface area contributed by atoms with Crippen molar-refractivity contribution in [2.24, 2.45) is 7.05 Å². The summed E-state index contributed by atoms with van der Waals surface area (Å²) in [5.74, 6) is 1.36. The van der Waals surface area contributed by atoms with Gasteiger partial charge in [-0.05, 0) is 43.6 Å². The van der Waals surface area contributed by atoms with Gasteiger partial charge in [0.25, 0.3) is 0 Å². The lowest BCUT2D eigenvalue weighted by Gasteiger charge is -2.21. The second kappa shape index (κ2) is 6.87. The number of nitrogens with one attached hydrogen (secondary N) is 1. The fourth-order valence-corrected chi connectivity index (χ4v) is 3.73. The summed E-state index contributed by atoms with van der Waals surface area (Å²) in [6.45, 7) is 3.82. The maximum absolute atomic E-state index is 9.37. The molecule has 3 rings (SSSR count). The molecule has 120 valence electrons. The zero-order valence-corrected chi connectivity index (χ0v) is 14.6. The van der Waals surface area contributed by atoms with E-state index in [1.54, 1.807) is 6.20 Å². The standard InChI is InChI=1S/C15H17ClN6S/c1-9-11(6-17)14(19-8-12(9)16)23-15-21-20-13(22(15)2)10-4-3-5-18-7-10/h8,10,18H,3-5,7H2,1-2H3/t10-/m1/s1. The van der Waals surface area contributed by atoms with Crippen LogP contribution in [0.1, 0.15) is 35.7 Å². The Hall–Kier alpha value is -1.62. The van der Waals surface area contributed by atoms with Crippen molar-refractivity contribution >= 4 is 23.4 Å². The van der Waals surface area contributed by atoms with Crippen LogP contribution in [0.25, 0.3) is 0 Å². The molecule has 1 saturated heterocycles. The quantitative estimate of drug-likeness (QED) is 0.918. The number of hydrogen-bond acceptors (Lipinski definition) is 6. The van der Waals surface area contributed by atoms with Crippen molar-refractivity contribution < 1.29 is 0 Å². The second-order valence-electron chi connectivity index (χ2n) is 5.57. The Kier molecular flexibility index (Phi) is 4.85. The van der Waals surface area contributed by atoms with Gasteiger partial charge >= 0.3 is 0 Å². The van der Waals surface area contributed by atoms with E-state index in [-0.39, 0.29) is 0 Å². The molecule has 8 heteroatoms. The second-order valence-corrected chi connectivity index (χ2v) is 6.93. The third-order valence-corrected chi connectivity index (χ3v) is 5.49. The van der Waals surface area contributed by atoms with E-state index < -0.39 is 0 Å². The average Bonchev–Trinajstić information content (AvgIpc) is 2.93. The topological polar surface area (TPSA) is 79.4 Å². The first-order chi connectivity index (χ1) is 11.1. The Labute approximate surface area is 144 Å². The zero-order valence-electron chi connectivity index (χ0n) is 13.0. The number of pyridine rings is 1. The van der Waals surface area contributed by atoms with E-state index in [0.29, 0.717) is 21.5 Å². The summed E-state index contributed by atoms with van der Waals surface area (Å²) in [5, 5.41) is 23.2. The van der Waals surface area contributed by atoms with E-state index in [2.05, 4.69) is 26.6 Å². The fraction of sp³-hybridized carbons (Fsp3) is 0.467. The van der Waals surface area contributed by atoms with E-state index in [1.807, 2.05) is 18.5 Å². The number of rotatable bonds is 3. The molecule has 1 N–H and O–H groups in total. The molecule has 0 amide bonds. The Morgan fingerprint density at radius 2 is 2.30 bits per heavy atom. The molecule has 0 spiro atoms. The Bertz CT molecular complexity index is 760. The number of aromatic nitrogens is 4. The lowest BCUT2D eigenvalue weighted by Crippen LogP contribution is -2.29. The third-order valence-electron chi connectivity index (χ3n) is 4.07. The first kappa shape index (κ1) is 16.2. The van der Waals surface area contributed by atoms with Crippen LogP contribution in [0.15, 0.2) is 16.4 Å². The molecule has 0 aliphatic carbocycles. The van der Waals surface area contributed by atoms with E-state index in [9.17, 15) is 5.26 Å². The van der Waals surface area contributed by atoms with E-state index in [1.165, 1.54) is 11.8 Å². The highest BCUT2D eigenvalue weighted by Crippen LogP contribution is 2.32. The Balaban J connectivity index is 1.89. The molecule has 23 heavy (non-hydrogen) atoms. The summed E-state index contributed by atoms with van der Waals surface area (Å²) in [4.78, 5) is 4.28. The van der Waals surface area contributed by atoms with Crippen molar-refractivity contribution in [2.75, 3.05) is 13.1 Å². The average molecular weight is 349 g/mol. The minimum absolute atomic E-state index is 0.381. The third kappa shape index (κ3) is 3.20. The van der Waals surface area contributed by atoms with Gasteiger partial charge in [0.1, 0.15) is 16.9 Å². The molecule has 1 fully saturated rings. The van der Waals surface area contributed by atoms with Crippen LogP contribution in [-0.2, 0) is 7.05 Å². The van der Waals surface area contributed by atoms with Crippen LogP contribution in [0.5, 0.6) is 0 Å². The van der Waals surface area contributed by atoms with E-state index in [0.717, 1.165) is 42.5 Å². The number of nitrogens with zero attached hydrogens (tertiary/aromatic N) is 5. The maximum atomic E-state index is 9.37. The van der Waals surface area contributed by atoms with Gasteiger partial charge in [-0.1, -0.05) is 11.6 Å². The van der Waals surface area contributed by atoms with Crippen molar-refractivity contribution in [3.63, 3.8) is 0 Å². The predicted octanol–water partition coefficient (Wildman–Crippen LogP) is 2.66. The van der Waals surface area contributed by atoms with Gasteiger partial charge in [0.05, 0.1) is 10.6 Å². The van der Waals surface area contributed by atoms with Gasteiger partial charge in [-0.2, -0.15) is 5.26 Å². The van der Waals surface area contributed by atoms with Crippen LogP contribution in [0, 0.1) is 18.3 Å². The molecule has 1 aliphatic rings. The summed E-state index contributed by atoms with van der Waals surface area (Å²) in [5.41, 5.74) is 1.23. The molecular formula is C15H17ClN6S. The summed E-state index contributed by atoms with van der Waals surface area (Å²) < 4.78 is 2.00. The maximum Gasteiger partial charge on any atom is 0.197 e. The van der Waals surface area contributed by atoms with Crippen LogP contribution >= 0.6 is 23.4 Å². The Morgan fingerprint density at radius 1 is 1.48 bits per heavy atom. The minimum Gasteiger partial charge on any atom is -0.316 e. The van der Waals surface area contributed by atoms with Crippen LogP contribution in [0.4, 0.5) is 0 Å². The number of piperidine rings is 1. The number of hydrogen-bond donors (Lipinski definition) is 1. The number of halogens is 1. The predicted molar refractivity (Wildman–Crippen MR) is 88.7 cm³/mol. The fourth-order valence-electron chi connectivity index (χ4n) is 2.69. The molecule has 2 aromatic heterocycles. The minimum atomic E-state index is 0.381. The van der Waals surface area contributed by atoms with Crippen LogP contribution in [0.2, 0.25) is 5.02 Å². The molecule has 0 saturated carbocycles. The monoisotopic (exact) mass is 348 g/mol. The lowest BCUT2D eigenvalue weighted by atomic mass is 9.99. The van der Waals surface area contributed by atoms with Gasteiger partial charge in [0, 0.05) is 25.7 Å². The summed E-state index contributed by atoms with van der Waals surface area (Å²) in [6.07, 6.45) is 3.84. The molecule has 6 nitrogen and oxygen atoms in total. The molecule has 0 bridgehead atoms. The number of nitriles is 1. The molecule has 0 unspecified atom stereocenters.